The van der Waals surface area contributed by atoms with E-state index in [2.05, 4.69) is 44.0 Å². The Kier molecular flexibility index (Phi) is 5.44. The maximum atomic E-state index is 5.89. The third-order valence-electron chi connectivity index (χ3n) is 4.19. The van der Waals surface area contributed by atoms with Gasteiger partial charge in [0.2, 0.25) is 0 Å². The molecule has 2 rings (SSSR count). The number of hydrogen-bond donors (Lipinski definition) is 1. The zero-order valence-electron chi connectivity index (χ0n) is 13.0. The van der Waals surface area contributed by atoms with Crippen LogP contribution >= 0.6 is 0 Å². The molecule has 1 aromatic rings. The summed E-state index contributed by atoms with van der Waals surface area (Å²) in [5.41, 5.74) is 7.20. The fourth-order valence-corrected chi connectivity index (χ4v) is 3.27. The molecule has 2 atom stereocenters. The molecule has 20 heavy (non-hydrogen) atoms. The second-order valence-electron chi connectivity index (χ2n) is 6.22. The zero-order valence-corrected chi connectivity index (χ0v) is 13.0. The Morgan fingerprint density at radius 3 is 2.85 bits per heavy atom. The lowest BCUT2D eigenvalue weighted by atomic mass is 10.0. The van der Waals surface area contributed by atoms with E-state index >= 15 is 0 Å². The molecule has 112 valence electrons. The molecule has 0 radical (unpaired) electrons. The molecule has 0 heterocycles. The molecule has 3 heteroatoms. The molecule has 0 spiro atoms. The van der Waals surface area contributed by atoms with Gasteiger partial charge in [0.25, 0.3) is 0 Å². The number of rotatable bonds is 6. The average molecular weight is 276 g/mol. The van der Waals surface area contributed by atoms with Crippen LogP contribution < -0.4 is 10.5 Å². The van der Waals surface area contributed by atoms with Crippen LogP contribution in [-0.2, 0) is 6.54 Å². The molecule has 1 aromatic carbocycles. The Morgan fingerprint density at radius 1 is 1.35 bits per heavy atom. The number of ether oxygens (including phenoxy) is 1. The van der Waals surface area contributed by atoms with Gasteiger partial charge in [-0.25, -0.2) is 0 Å². The molecule has 0 amide bonds. The highest BCUT2D eigenvalue weighted by Crippen LogP contribution is 2.29. The minimum atomic E-state index is 0.222. The molecule has 0 bridgehead atoms. The molecule has 0 saturated heterocycles. The molecule has 1 aliphatic rings. The molecule has 2 unspecified atom stereocenters. The first-order chi connectivity index (χ1) is 9.60. The Bertz CT molecular complexity index is 419. The summed E-state index contributed by atoms with van der Waals surface area (Å²) in [6.45, 7) is 5.90. The van der Waals surface area contributed by atoms with Crippen LogP contribution in [0.15, 0.2) is 24.3 Å². The Morgan fingerprint density at radius 2 is 2.15 bits per heavy atom. The van der Waals surface area contributed by atoms with E-state index in [0.29, 0.717) is 12.0 Å². The smallest absolute Gasteiger partial charge is 0.120 e. The predicted octanol–water partition coefficient (Wildman–Crippen LogP) is 3.03. The van der Waals surface area contributed by atoms with Gasteiger partial charge in [0.05, 0.1) is 6.10 Å². The van der Waals surface area contributed by atoms with Crippen LogP contribution in [0.3, 0.4) is 0 Å². The van der Waals surface area contributed by atoms with Gasteiger partial charge in [0, 0.05) is 12.6 Å². The fraction of sp³-hybridized carbons (Fsp3) is 0.647. The molecule has 0 aliphatic heterocycles. The topological polar surface area (TPSA) is 38.5 Å². The van der Waals surface area contributed by atoms with Crippen molar-refractivity contribution >= 4 is 0 Å². The Balaban J connectivity index is 1.98. The average Bonchev–Trinajstić information content (AvgIpc) is 2.86. The van der Waals surface area contributed by atoms with Gasteiger partial charge in [-0.2, -0.15) is 0 Å². The standard InChI is InChI=1S/C17H28N2O/c1-13(2)20-16-8-4-6-14(10-16)12-19(3)17-9-5-7-15(17)11-18/h4,6,8,10,13,15,17H,5,7,9,11-12,18H2,1-3H3. The first-order valence-corrected chi connectivity index (χ1v) is 7.76. The maximum absolute atomic E-state index is 5.89. The second kappa shape index (κ2) is 7.09. The van der Waals surface area contributed by atoms with Gasteiger partial charge < -0.3 is 10.5 Å². The van der Waals surface area contributed by atoms with E-state index in [1.54, 1.807) is 0 Å². The SMILES string of the molecule is CC(C)Oc1cccc(CN(C)C2CCCC2CN)c1. The third-order valence-corrected chi connectivity index (χ3v) is 4.19. The van der Waals surface area contributed by atoms with Gasteiger partial charge in [0.1, 0.15) is 5.75 Å². The third kappa shape index (κ3) is 3.97. The summed E-state index contributed by atoms with van der Waals surface area (Å²) < 4.78 is 5.77. The van der Waals surface area contributed by atoms with Gasteiger partial charge in [-0.15, -0.1) is 0 Å². The van der Waals surface area contributed by atoms with E-state index in [0.717, 1.165) is 18.8 Å². The summed E-state index contributed by atoms with van der Waals surface area (Å²) in [6, 6.07) is 9.08. The summed E-state index contributed by atoms with van der Waals surface area (Å²) in [6.07, 6.45) is 4.09. The highest BCUT2D eigenvalue weighted by atomic mass is 16.5. The first kappa shape index (κ1) is 15.3. The van der Waals surface area contributed by atoms with Crippen molar-refractivity contribution in [3.8, 4) is 5.75 Å². The lowest BCUT2D eigenvalue weighted by molar-refractivity contribution is 0.192. The number of benzene rings is 1. The van der Waals surface area contributed by atoms with Crippen LogP contribution in [0.2, 0.25) is 0 Å². The minimum Gasteiger partial charge on any atom is -0.491 e. The monoisotopic (exact) mass is 276 g/mol. The fourth-order valence-electron chi connectivity index (χ4n) is 3.27. The number of hydrogen-bond acceptors (Lipinski definition) is 3. The highest BCUT2D eigenvalue weighted by molar-refractivity contribution is 5.28. The molecule has 2 N–H and O–H groups in total. The van der Waals surface area contributed by atoms with Crippen LogP contribution in [0, 0.1) is 5.92 Å². The van der Waals surface area contributed by atoms with Gasteiger partial charge >= 0.3 is 0 Å². The molecule has 1 saturated carbocycles. The normalized spacial score (nSPS) is 22.7. The van der Waals surface area contributed by atoms with E-state index in [-0.39, 0.29) is 6.10 Å². The lowest BCUT2D eigenvalue weighted by Crippen LogP contribution is -2.37. The zero-order chi connectivity index (χ0) is 14.5. The lowest BCUT2D eigenvalue weighted by Gasteiger charge is -2.29. The van der Waals surface area contributed by atoms with Gasteiger partial charge in [-0.05, 0) is 63.9 Å². The van der Waals surface area contributed by atoms with E-state index in [1.165, 1.54) is 24.8 Å². The summed E-state index contributed by atoms with van der Waals surface area (Å²) in [7, 11) is 2.22. The van der Waals surface area contributed by atoms with Crippen molar-refractivity contribution in [2.75, 3.05) is 13.6 Å². The predicted molar refractivity (Wildman–Crippen MR) is 83.9 cm³/mol. The van der Waals surface area contributed by atoms with Crippen LogP contribution in [0.1, 0.15) is 38.7 Å². The van der Waals surface area contributed by atoms with Crippen molar-refractivity contribution in [1.82, 2.24) is 4.90 Å². The summed E-state index contributed by atoms with van der Waals surface area (Å²) >= 11 is 0. The van der Waals surface area contributed by atoms with Gasteiger partial charge in [-0.1, -0.05) is 18.6 Å². The van der Waals surface area contributed by atoms with Gasteiger partial charge in [-0.3, -0.25) is 4.90 Å². The van der Waals surface area contributed by atoms with Crippen molar-refractivity contribution in [2.45, 2.75) is 51.8 Å². The van der Waals surface area contributed by atoms with Crippen LogP contribution in [0.25, 0.3) is 0 Å². The van der Waals surface area contributed by atoms with E-state index < -0.39 is 0 Å². The molecular formula is C17H28N2O. The van der Waals surface area contributed by atoms with E-state index in [4.69, 9.17) is 10.5 Å². The van der Waals surface area contributed by atoms with Crippen molar-refractivity contribution in [3.63, 3.8) is 0 Å². The summed E-state index contributed by atoms with van der Waals surface area (Å²) in [5, 5.41) is 0. The molecule has 1 aliphatic carbocycles. The number of nitrogens with zero attached hydrogens (tertiary/aromatic N) is 1. The first-order valence-electron chi connectivity index (χ1n) is 7.76. The van der Waals surface area contributed by atoms with E-state index in [9.17, 15) is 0 Å². The van der Waals surface area contributed by atoms with Crippen molar-refractivity contribution in [2.24, 2.45) is 11.7 Å². The van der Waals surface area contributed by atoms with Crippen LogP contribution in [0.4, 0.5) is 0 Å². The Hall–Kier alpha value is -1.06. The largest absolute Gasteiger partial charge is 0.491 e. The van der Waals surface area contributed by atoms with Crippen LogP contribution in [0.5, 0.6) is 5.75 Å². The quantitative estimate of drug-likeness (QED) is 0.868. The maximum Gasteiger partial charge on any atom is 0.120 e. The van der Waals surface area contributed by atoms with Crippen molar-refractivity contribution < 1.29 is 4.74 Å². The minimum absolute atomic E-state index is 0.222. The molecule has 1 fully saturated rings. The molecule has 0 aromatic heterocycles. The Labute approximate surface area is 123 Å². The molecular weight excluding hydrogens is 248 g/mol. The second-order valence-corrected chi connectivity index (χ2v) is 6.22. The van der Waals surface area contributed by atoms with E-state index in [1.807, 2.05) is 6.07 Å². The molecule has 3 nitrogen and oxygen atoms in total. The van der Waals surface area contributed by atoms with Gasteiger partial charge in [0.15, 0.2) is 0 Å². The van der Waals surface area contributed by atoms with Crippen molar-refractivity contribution in [1.29, 1.82) is 0 Å². The summed E-state index contributed by atoms with van der Waals surface area (Å²) in [4.78, 5) is 2.46. The number of nitrogens with two attached hydrogens (primary N) is 1. The van der Waals surface area contributed by atoms with Crippen molar-refractivity contribution in [3.05, 3.63) is 29.8 Å². The summed E-state index contributed by atoms with van der Waals surface area (Å²) in [5.74, 6) is 1.63. The van der Waals surface area contributed by atoms with Crippen LogP contribution in [-0.4, -0.2) is 30.6 Å². The highest BCUT2D eigenvalue weighted by Gasteiger charge is 2.29.